The van der Waals surface area contributed by atoms with E-state index in [1.807, 2.05) is 37.3 Å². The van der Waals surface area contributed by atoms with E-state index >= 15 is 0 Å². The molecule has 6 heteroatoms. The Morgan fingerprint density at radius 2 is 2.00 bits per heavy atom. The molecule has 1 heterocycles. The van der Waals surface area contributed by atoms with Crippen molar-refractivity contribution in [3.05, 3.63) is 30.3 Å². The van der Waals surface area contributed by atoms with Gasteiger partial charge in [-0.25, -0.2) is 8.42 Å². The first-order valence-corrected chi connectivity index (χ1v) is 8.90. The van der Waals surface area contributed by atoms with Crippen molar-refractivity contribution in [2.24, 2.45) is 0 Å². The normalized spacial score (nSPS) is 19.6. The summed E-state index contributed by atoms with van der Waals surface area (Å²) in [5.41, 5.74) is 0.780. The van der Waals surface area contributed by atoms with Gasteiger partial charge in [0.15, 0.2) is 0 Å². The SMILES string of the molecule is CCCS(=O)(=O)N1CCCC1C(=O)N(C)c1ccccc1. The second-order valence-corrected chi connectivity index (χ2v) is 7.36. The number of anilines is 1. The molecule has 1 aliphatic rings. The average Bonchev–Trinajstić information content (AvgIpc) is 2.97. The van der Waals surface area contributed by atoms with Gasteiger partial charge in [0, 0.05) is 19.3 Å². The highest BCUT2D eigenvalue weighted by Gasteiger charge is 2.39. The summed E-state index contributed by atoms with van der Waals surface area (Å²) >= 11 is 0. The number of sulfonamides is 1. The van der Waals surface area contributed by atoms with Crippen molar-refractivity contribution in [3.8, 4) is 0 Å². The van der Waals surface area contributed by atoms with E-state index in [9.17, 15) is 13.2 Å². The molecule has 1 aromatic rings. The minimum absolute atomic E-state index is 0.103. The number of para-hydroxylation sites is 1. The van der Waals surface area contributed by atoms with Gasteiger partial charge in [0.05, 0.1) is 5.75 Å². The van der Waals surface area contributed by atoms with Gasteiger partial charge < -0.3 is 4.90 Å². The molecule has 1 aliphatic heterocycles. The maximum Gasteiger partial charge on any atom is 0.245 e. The van der Waals surface area contributed by atoms with Crippen LogP contribution in [0.15, 0.2) is 30.3 Å². The van der Waals surface area contributed by atoms with Gasteiger partial charge in [-0.3, -0.25) is 4.79 Å². The number of nitrogens with zero attached hydrogens (tertiary/aromatic N) is 2. The van der Waals surface area contributed by atoms with Crippen molar-refractivity contribution >= 4 is 21.6 Å². The molecule has 21 heavy (non-hydrogen) atoms. The van der Waals surface area contributed by atoms with Gasteiger partial charge in [-0.15, -0.1) is 0 Å². The molecule has 5 nitrogen and oxygen atoms in total. The Kier molecular flexibility index (Phi) is 5.00. The van der Waals surface area contributed by atoms with E-state index in [1.165, 1.54) is 4.31 Å². The number of hydrogen-bond acceptors (Lipinski definition) is 3. The topological polar surface area (TPSA) is 57.7 Å². The van der Waals surface area contributed by atoms with Crippen LogP contribution >= 0.6 is 0 Å². The van der Waals surface area contributed by atoms with E-state index in [0.717, 1.165) is 12.1 Å². The molecular weight excluding hydrogens is 288 g/mol. The Labute approximate surface area is 126 Å². The smallest absolute Gasteiger partial charge is 0.245 e. The van der Waals surface area contributed by atoms with Crippen LogP contribution in [0.4, 0.5) is 5.69 Å². The number of benzene rings is 1. The molecule has 0 aliphatic carbocycles. The monoisotopic (exact) mass is 310 g/mol. The molecule has 0 saturated carbocycles. The molecule has 0 spiro atoms. The predicted octanol–water partition coefficient (Wildman–Crippen LogP) is 1.85. The van der Waals surface area contributed by atoms with Crippen LogP contribution in [0.5, 0.6) is 0 Å². The second-order valence-electron chi connectivity index (χ2n) is 5.32. The average molecular weight is 310 g/mol. The van der Waals surface area contributed by atoms with Crippen molar-refractivity contribution in [1.82, 2.24) is 4.31 Å². The zero-order chi connectivity index (χ0) is 15.5. The Bertz CT molecular complexity index is 586. The van der Waals surface area contributed by atoms with Crippen LogP contribution in [0, 0.1) is 0 Å². The third-order valence-corrected chi connectivity index (χ3v) is 5.86. The number of rotatable bonds is 5. The zero-order valence-electron chi connectivity index (χ0n) is 12.5. The zero-order valence-corrected chi connectivity index (χ0v) is 13.3. The minimum Gasteiger partial charge on any atom is -0.314 e. The second kappa shape index (κ2) is 6.58. The number of carbonyl (C=O) groups is 1. The number of amides is 1. The largest absolute Gasteiger partial charge is 0.314 e. The van der Waals surface area contributed by atoms with E-state index in [-0.39, 0.29) is 11.7 Å². The predicted molar refractivity (Wildman–Crippen MR) is 83.7 cm³/mol. The molecule has 2 rings (SSSR count). The first-order chi connectivity index (χ1) is 9.97. The molecule has 1 atom stereocenters. The molecule has 1 fully saturated rings. The van der Waals surface area contributed by atoms with Gasteiger partial charge in [-0.2, -0.15) is 4.31 Å². The molecule has 1 saturated heterocycles. The van der Waals surface area contributed by atoms with Crippen molar-refractivity contribution in [2.45, 2.75) is 32.2 Å². The van der Waals surface area contributed by atoms with Crippen LogP contribution < -0.4 is 4.90 Å². The standard InChI is InChI=1S/C15H22N2O3S/c1-3-12-21(19,20)17-11-7-10-14(17)15(18)16(2)13-8-5-4-6-9-13/h4-6,8-9,14H,3,7,10-12H2,1-2H3. The summed E-state index contributed by atoms with van der Waals surface area (Å²) < 4.78 is 25.9. The summed E-state index contributed by atoms with van der Waals surface area (Å²) in [6, 6.07) is 8.73. The molecule has 0 N–H and O–H groups in total. The van der Waals surface area contributed by atoms with Crippen molar-refractivity contribution in [3.63, 3.8) is 0 Å². The van der Waals surface area contributed by atoms with Crippen LogP contribution in [0.1, 0.15) is 26.2 Å². The number of hydrogen-bond donors (Lipinski definition) is 0. The van der Waals surface area contributed by atoms with Crippen LogP contribution in [0.2, 0.25) is 0 Å². The van der Waals surface area contributed by atoms with Crippen LogP contribution in [-0.4, -0.2) is 44.0 Å². The van der Waals surface area contributed by atoms with Crippen molar-refractivity contribution in [1.29, 1.82) is 0 Å². The Hall–Kier alpha value is -1.40. The Morgan fingerprint density at radius 1 is 1.33 bits per heavy atom. The molecular formula is C15H22N2O3S. The van der Waals surface area contributed by atoms with E-state index in [4.69, 9.17) is 0 Å². The third kappa shape index (κ3) is 3.44. The molecule has 1 aromatic carbocycles. The maximum atomic E-state index is 12.6. The number of likely N-dealkylation sites (N-methyl/N-ethyl adjacent to an activating group) is 1. The summed E-state index contributed by atoms with van der Waals surface area (Å²) in [6.07, 6.45) is 1.90. The first-order valence-electron chi connectivity index (χ1n) is 7.29. The highest BCUT2D eigenvalue weighted by Crippen LogP contribution is 2.25. The Balaban J connectivity index is 2.18. The lowest BCUT2D eigenvalue weighted by Crippen LogP contribution is -2.47. The first kappa shape index (κ1) is 16.0. The van der Waals surface area contributed by atoms with Gasteiger partial charge in [0.1, 0.15) is 6.04 Å². The molecule has 0 bridgehead atoms. The van der Waals surface area contributed by atoms with Crippen LogP contribution in [0.25, 0.3) is 0 Å². The van der Waals surface area contributed by atoms with Gasteiger partial charge >= 0.3 is 0 Å². The summed E-state index contributed by atoms with van der Waals surface area (Å²) in [7, 11) is -1.64. The van der Waals surface area contributed by atoms with E-state index in [1.54, 1.807) is 11.9 Å². The Morgan fingerprint density at radius 3 is 2.62 bits per heavy atom. The highest BCUT2D eigenvalue weighted by atomic mass is 32.2. The van der Waals surface area contributed by atoms with Crippen molar-refractivity contribution in [2.75, 3.05) is 24.2 Å². The summed E-state index contributed by atoms with van der Waals surface area (Å²) in [5, 5.41) is 0. The third-order valence-electron chi connectivity index (χ3n) is 3.78. The molecule has 0 aromatic heterocycles. The lowest BCUT2D eigenvalue weighted by molar-refractivity contribution is -0.121. The van der Waals surface area contributed by atoms with E-state index in [0.29, 0.717) is 19.4 Å². The fraction of sp³-hybridized carbons (Fsp3) is 0.533. The fourth-order valence-corrected chi connectivity index (χ4v) is 4.44. The summed E-state index contributed by atoms with van der Waals surface area (Å²) in [6.45, 7) is 2.28. The quantitative estimate of drug-likeness (QED) is 0.834. The van der Waals surface area contributed by atoms with Crippen LogP contribution in [0.3, 0.4) is 0 Å². The van der Waals surface area contributed by atoms with E-state index < -0.39 is 16.1 Å². The van der Waals surface area contributed by atoms with Gasteiger partial charge in [0.2, 0.25) is 15.9 Å². The molecule has 116 valence electrons. The number of carbonyl (C=O) groups excluding carboxylic acids is 1. The lowest BCUT2D eigenvalue weighted by Gasteiger charge is -2.27. The molecule has 0 radical (unpaired) electrons. The van der Waals surface area contributed by atoms with Gasteiger partial charge in [-0.1, -0.05) is 25.1 Å². The van der Waals surface area contributed by atoms with Crippen LogP contribution in [-0.2, 0) is 14.8 Å². The minimum atomic E-state index is -3.33. The highest BCUT2D eigenvalue weighted by molar-refractivity contribution is 7.89. The fourth-order valence-electron chi connectivity index (χ4n) is 2.70. The van der Waals surface area contributed by atoms with E-state index in [2.05, 4.69) is 0 Å². The molecule has 1 amide bonds. The lowest BCUT2D eigenvalue weighted by atomic mass is 10.2. The van der Waals surface area contributed by atoms with Gasteiger partial charge in [-0.05, 0) is 31.4 Å². The molecule has 1 unspecified atom stereocenters. The maximum absolute atomic E-state index is 12.6. The summed E-state index contributed by atoms with van der Waals surface area (Å²) in [4.78, 5) is 14.2. The van der Waals surface area contributed by atoms with Crippen molar-refractivity contribution < 1.29 is 13.2 Å². The van der Waals surface area contributed by atoms with Gasteiger partial charge in [0.25, 0.3) is 0 Å². The summed E-state index contributed by atoms with van der Waals surface area (Å²) in [5.74, 6) is -0.0513.